The molecule has 2 heterocycles. The first-order valence-corrected chi connectivity index (χ1v) is 9.95. The first-order valence-electron chi connectivity index (χ1n) is 9.95. The average Bonchev–Trinajstić information content (AvgIpc) is 3.08. The van der Waals surface area contributed by atoms with Crippen LogP contribution in [0.5, 0.6) is 0 Å². The lowest BCUT2D eigenvalue weighted by Gasteiger charge is -2.24. The maximum absolute atomic E-state index is 12.3. The van der Waals surface area contributed by atoms with E-state index in [2.05, 4.69) is 33.0 Å². The van der Waals surface area contributed by atoms with Crippen molar-refractivity contribution in [2.24, 2.45) is 0 Å². The Morgan fingerprint density at radius 1 is 1.17 bits per heavy atom. The van der Waals surface area contributed by atoms with Crippen molar-refractivity contribution in [2.75, 3.05) is 30.3 Å². The van der Waals surface area contributed by atoms with Crippen LogP contribution in [0.2, 0.25) is 0 Å². The molecule has 1 unspecified atom stereocenters. The lowest BCUT2D eigenvalue weighted by Crippen LogP contribution is -2.46. The Morgan fingerprint density at radius 2 is 2.00 bits per heavy atom. The number of rotatable bonds is 5. The molecule has 0 bridgehead atoms. The summed E-state index contributed by atoms with van der Waals surface area (Å²) >= 11 is 0. The lowest BCUT2D eigenvalue weighted by molar-refractivity contribution is -0.116. The van der Waals surface area contributed by atoms with Gasteiger partial charge in [-0.25, -0.2) is 4.79 Å². The van der Waals surface area contributed by atoms with Gasteiger partial charge in [0.25, 0.3) is 0 Å². The maximum atomic E-state index is 12.3. The van der Waals surface area contributed by atoms with Crippen LogP contribution in [0, 0.1) is 0 Å². The maximum Gasteiger partial charge on any atom is 0.319 e. The highest BCUT2D eigenvalue weighted by Crippen LogP contribution is 2.26. The van der Waals surface area contributed by atoms with Gasteiger partial charge in [0.1, 0.15) is 0 Å². The highest BCUT2D eigenvalue weighted by Gasteiger charge is 2.36. The van der Waals surface area contributed by atoms with Gasteiger partial charge in [0.2, 0.25) is 5.91 Å². The fourth-order valence-corrected chi connectivity index (χ4v) is 3.93. The number of likely N-dealkylation sites (tertiary alicyclic amines) is 1. The predicted octanol–water partition coefficient (Wildman–Crippen LogP) is 2.33. The summed E-state index contributed by atoms with van der Waals surface area (Å²) in [5.74, 6) is -0.0115. The summed E-state index contributed by atoms with van der Waals surface area (Å²) in [5.41, 5.74) is 2.68. The molecule has 1 atom stereocenters. The van der Waals surface area contributed by atoms with Gasteiger partial charge in [-0.3, -0.25) is 9.69 Å². The van der Waals surface area contributed by atoms with E-state index in [0.717, 1.165) is 24.3 Å². The number of nitrogens with one attached hydrogen (secondary N) is 3. The molecule has 2 aliphatic rings. The molecule has 0 saturated carbocycles. The number of anilines is 2. The quantitative estimate of drug-likeness (QED) is 0.626. The van der Waals surface area contributed by atoms with E-state index in [1.165, 1.54) is 5.56 Å². The van der Waals surface area contributed by atoms with Gasteiger partial charge in [-0.2, -0.15) is 0 Å². The van der Waals surface area contributed by atoms with Gasteiger partial charge in [0.15, 0.2) is 0 Å². The third-order valence-corrected chi connectivity index (χ3v) is 5.50. The first-order chi connectivity index (χ1) is 14.0. The SMILES string of the molecule is O=C1CCc2ccc(NC(=O)NCC3(O)CCN(Cc4ccccc4)C3)cc2N1. The standard InChI is InChI=1S/C22H26N4O3/c27-20-9-7-17-6-8-18(12-19(17)25-20)24-21(28)23-14-22(29)10-11-26(15-22)13-16-4-2-1-3-5-16/h1-6,8,12,29H,7,9-11,13-15H2,(H,25,27)(H2,23,24,28). The summed E-state index contributed by atoms with van der Waals surface area (Å²) in [5, 5.41) is 19.2. The second-order valence-electron chi connectivity index (χ2n) is 7.90. The molecule has 0 radical (unpaired) electrons. The zero-order valence-corrected chi connectivity index (χ0v) is 16.3. The largest absolute Gasteiger partial charge is 0.387 e. The molecule has 152 valence electrons. The monoisotopic (exact) mass is 394 g/mol. The van der Waals surface area contributed by atoms with Gasteiger partial charge in [-0.15, -0.1) is 0 Å². The molecule has 2 aromatic rings. The summed E-state index contributed by atoms with van der Waals surface area (Å²) in [6.07, 6.45) is 1.81. The molecule has 0 spiro atoms. The van der Waals surface area contributed by atoms with E-state index in [1.807, 2.05) is 30.3 Å². The van der Waals surface area contributed by atoms with Gasteiger partial charge in [-0.1, -0.05) is 36.4 Å². The number of carbonyl (C=O) groups excluding carboxylic acids is 2. The van der Waals surface area contributed by atoms with Crippen LogP contribution in [0.15, 0.2) is 48.5 Å². The van der Waals surface area contributed by atoms with Gasteiger partial charge in [0, 0.05) is 44.0 Å². The zero-order valence-electron chi connectivity index (χ0n) is 16.3. The number of carbonyl (C=O) groups is 2. The van der Waals surface area contributed by atoms with Crippen LogP contribution in [-0.4, -0.2) is 47.2 Å². The molecule has 0 aromatic heterocycles. The summed E-state index contributed by atoms with van der Waals surface area (Å²) in [6.45, 7) is 2.29. The topological polar surface area (TPSA) is 93.7 Å². The van der Waals surface area contributed by atoms with Gasteiger partial charge >= 0.3 is 6.03 Å². The van der Waals surface area contributed by atoms with Crippen molar-refractivity contribution in [2.45, 2.75) is 31.4 Å². The highest BCUT2D eigenvalue weighted by atomic mass is 16.3. The van der Waals surface area contributed by atoms with E-state index in [4.69, 9.17) is 0 Å². The van der Waals surface area contributed by atoms with Gasteiger partial charge < -0.3 is 21.1 Å². The summed E-state index contributed by atoms with van der Waals surface area (Å²) < 4.78 is 0. The van der Waals surface area contributed by atoms with E-state index >= 15 is 0 Å². The van der Waals surface area contributed by atoms with Crippen LogP contribution < -0.4 is 16.0 Å². The molecule has 7 heteroatoms. The zero-order chi connectivity index (χ0) is 20.3. The minimum absolute atomic E-state index is 0.0115. The number of nitrogens with zero attached hydrogens (tertiary/aromatic N) is 1. The highest BCUT2D eigenvalue weighted by molar-refractivity contribution is 5.96. The number of benzene rings is 2. The smallest absolute Gasteiger partial charge is 0.319 e. The fraction of sp³-hybridized carbons (Fsp3) is 0.364. The third kappa shape index (κ3) is 4.93. The molecule has 7 nitrogen and oxygen atoms in total. The van der Waals surface area contributed by atoms with E-state index in [9.17, 15) is 14.7 Å². The van der Waals surface area contributed by atoms with Crippen molar-refractivity contribution in [3.05, 3.63) is 59.7 Å². The summed E-state index contributed by atoms with van der Waals surface area (Å²) in [6, 6.07) is 15.3. The first kappa shape index (κ1) is 19.4. The van der Waals surface area contributed by atoms with Crippen LogP contribution in [0.25, 0.3) is 0 Å². The van der Waals surface area contributed by atoms with Gasteiger partial charge in [0.05, 0.1) is 5.60 Å². The van der Waals surface area contributed by atoms with Crippen molar-refractivity contribution < 1.29 is 14.7 Å². The normalized spacial score (nSPS) is 21.3. The molecule has 4 N–H and O–H groups in total. The molecule has 0 aliphatic carbocycles. The lowest BCUT2D eigenvalue weighted by atomic mass is 10.0. The summed E-state index contributed by atoms with van der Waals surface area (Å²) in [4.78, 5) is 26.0. The molecule has 1 saturated heterocycles. The Kier molecular flexibility index (Phi) is 5.51. The van der Waals surface area contributed by atoms with E-state index < -0.39 is 5.60 Å². The molecular weight excluding hydrogens is 368 g/mol. The summed E-state index contributed by atoms with van der Waals surface area (Å²) in [7, 11) is 0. The molecule has 29 heavy (non-hydrogen) atoms. The van der Waals surface area contributed by atoms with E-state index in [-0.39, 0.29) is 18.5 Å². The van der Waals surface area contributed by atoms with E-state index in [1.54, 1.807) is 6.07 Å². The minimum atomic E-state index is -0.935. The van der Waals surface area contributed by atoms with Crippen molar-refractivity contribution in [3.63, 3.8) is 0 Å². The van der Waals surface area contributed by atoms with Crippen LogP contribution in [0.1, 0.15) is 24.0 Å². The Bertz CT molecular complexity index is 902. The number of aryl methyl sites for hydroxylation is 1. The number of amides is 3. The molecular formula is C22H26N4O3. The average molecular weight is 394 g/mol. The van der Waals surface area contributed by atoms with Crippen LogP contribution in [0.4, 0.5) is 16.2 Å². The third-order valence-electron chi connectivity index (χ3n) is 5.50. The number of urea groups is 1. The van der Waals surface area contributed by atoms with Crippen molar-refractivity contribution in [1.29, 1.82) is 0 Å². The van der Waals surface area contributed by atoms with Crippen LogP contribution in [-0.2, 0) is 17.8 Å². The van der Waals surface area contributed by atoms with Crippen LogP contribution in [0.3, 0.4) is 0 Å². The van der Waals surface area contributed by atoms with E-state index in [0.29, 0.717) is 31.5 Å². The Labute approximate surface area is 170 Å². The Balaban J connectivity index is 1.27. The molecule has 2 aliphatic heterocycles. The molecule has 2 aromatic carbocycles. The van der Waals surface area contributed by atoms with Gasteiger partial charge in [-0.05, 0) is 36.1 Å². The number of aliphatic hydroxyl groups is 1. The number of hydrogen-bond donors (Lipinski definition) is 4. The molecule has 3 amide bonds. The number of hydrogen-bond acceptors (Lipinski definition) is 4. The molecule has 1 fully saturated rings. The second-order valence-corrected chi connectivity index (χ2v) is 7.90. The second kappa shape index (κ2) is 8.23. The van der Waals surface area contributed by atoms with Crippen molar-refractivity contribution >= 4 is 23.3 Å². The fourth-order valence-electron chi connectivity index (χ4n) is 3.93. The predicted molar refractivity (Wildman–Crippen MR) is 112 cm³/mol. The number of β-amino-alcohol motifs (C(OH)–C–C–N with tert-alkyl or cyclic N) is 1. The molecule has 4 rings (SSSR count). The minimum Gasteiger partial charge on any atom is -0.387 e. The van der Waals surface area contributed by atoms with Crippen LogP contribution >= 0.6 is 0 Å². The number of fused-ring (bicyclic) bond motifs is 1. The Hall–Kier alpha value is -2.90. The Morgan fingerprint density at radius 3 is 2.83 bits per heavy atom. The van der Waals surface area contributed by atoms with Crippen molar-refractivity contribution in [1.82, 2.24) is 10.2 Å². The van der Waals surface area contributed by atoms with Crippen molar-refractivity contribution in [3.8, 4) is 0 Å².